The summed E-state index contributed by atoms with van der Waals surface area (Å²) in [5, 5.41) is 8.38. The van der Waals surface area contributed by atoms with Gasteiger partial charge in [-0.05, 0) is 56.0 Å². The van der Waals surface area contributed by atoms with Crippen molar-refractivity contribution in [3.8, 4) is 5.75 Å². The number of likely N-dealkylation sites (tertiary alicyclic amines) is 1. The number of nitrogens with zero attached hydrogens (tertiary/aromatic N) is 1. The van der Waals surface area contributed by atoms with E-state index in [-0.39, 0.29) is 11.9 Å². The summed E-state index contributed by atoms with van der Waals surface area (Å²) in [6.07, 6.45) is 2.41. The van der Waals surface area contributed by atoms with Crippen LogP contribution in [0.25, 0.3) is 0 Å². The van der Waals surface area contributed by atoms with Crippen LogP contribution in [0.5, 0.6) is 5.75 Å². The van der Waals surface area contributed by atoms with Crippen LogP contribution in [0.4, 0.5) is 10.5 Å². The van der Waals surface area contributed by atoms with E-state index >= 15 is 0 Å². The fourth-order valence-corrected chi connectivity index (χ4v) is 3.60. The van der Waals surface area contributed by atoms with Gasteiger partial charge in [0.05, 0.1) is 12.8 Å². The summed E-state index contributed by atoms with van der Waals surface area (Å²) in [5.74, 6) is 1.51. The Morgan fingerprint density at radius 1 is 1.25 bits per heavy atom. The first-order valence-electron chi connectivity index (χ1n) is 10.0. The largest absolute Gasteiger partial charge is 0.495 e. The molecule has 7 nitrogen and oxygen atoms in total. The maximum atomic E-state index is 12.5. The third kappa shape index (κ3) is 5.86. The summed E-state index contributed by atoms with van der Waals surface area (Å²) in [6, 6.07) is 4.95. The van der Waals surface area contributed by atoms with Crippen LogP contribution < -0.4 is 20.7 Å². The molecule has 2 rings (SSSR count). The van der Waals surface area contributed by atoms with Gasteiger partial charge in [0.1, 0.15) is 5.75 Å². The zero-order chi connectivity index (χ0) is 20.7. The third-order valence-corrected chi connectivity index (χ3v) is 5.47. The summed E-state index contributed by atoms with van der Waals surface area (Å²) in [5.41, 5.74) is 0.926. The fraction of sp³-hybridized carbons (Fsp3) is 0.619. The van der Waals surface area contributed by atoms with E-state index in [1.54, 1.807) is 25.2 Å². The van der Waals surface area contributed by atoms with Gasteiger partial charge in [0, 0.05) is 25.2 Å². The van der Waals surface area contributed by atoms with E-state index in [1.807, 2.05) is 0 Å². The molecule has 156 valence electrons. The standard InChI is InChI=1S/C21H34N4O3/c1-14(2)18(25-10-8-15(3)9-11-25)13-23-21(27)24-17-12-16(20(26)22-4)6-7-19(17)28-5/h6-7,12,14-15,18H,8-11,13H2,1-5H3,(H,22,26)(H2,23,24,27). The molecule has 0 radical (unpaired) electrons. The minimum atomic E-state index is -0.302. The van der Waals surface area contributed by atoms with Gasteiger partial charge in [-0.25, -0.2) is 4.79 Å². The van der Waals surface area contributed by atoms with Crippen LogP contribution in [0.1, 0.15) is 44.0 Å². The van der Waals surface area contributed by atoms with Crippen LogP contribution in [-0.4, -0.2) is 56.7 Å². The van der Waals surface area contributed by atoms with E-state index in [0.717, 1.165) is 19.0 Å². The maximum Gasteiger partial charge on any atom is 0.319 e. The van der Waals surface area contributed by atoms with Gasteiger partial charge in [-0.15, -0.1) is 0 Å². The lowest BCUT2D eigenvalue weighted by Gasteiger charge is -2.38. The molecule has 28 heavy (non-hydrogen) atoms. The average Bonchev–Trinajstić information content (AvgIpc) is 2.68. The number of anilines is 1. The number of nitrogens with one attached hydrogen (secondary N) is 3. The molecule has 0 aromatic heterocycles. The lowest BCUT2D eigenvalue weighted by Crippen LogP contribution is -2.50. The van der Waals surface area contributed by atoms with Crippen LogP contribution in [0.3, 0.4) is 0 Å². The number of carbonyl (C=O) groups excluding carboxylic acids is 2. The van der Waals surface area contributed by atoms with Crippen LogP contribution in [0.2, 0.25) is 0 Å². The first-order valence-corrected chi connectivity index (χ1v) is 10.0. The van der Waals surface area contributed by atoms with Crippen molar-refractivity contribution in [3.05, 3.63) is 23.8 Å². The number of piperidine rings is 1. The summed E-state index contributed by atoms with van der Waals surface area (Å²) in [7, 11) is 3.10. The summed E-state index contributed by atoms with van der Waals surface area (Å²) < 4.78 is 5.30. The lowest BCUT2D eigenvalue weighted by molar-refractivity contribution is 0.0963. The topological polar surface area (TPSA) is 82.7 Å². The van der Waals surface area contributed by atoms with Crippen molar-refractivity contribution in [3.63, 3.8) is 0 Å². The van der Waals surface area contributed by atoms with Crippen LogP contribution in [-0.2, 0) is 0 Å². The molecule has 0 saturated carbocycles. The quantitative estimate of drug-likeness (QED) is 0.668. The van der Waals surface area contributed by atoms with Gasteiger partial charge in [-0.2, -0.15) is 0 Å². The number of hydrogen-bond acceptors (Lipinski definition) is 4. The van der Waals surface area contributed by atoms with E-state index < -0.39 is 0 Å². The normalized spacial score (nSPS) is 16.5. The first kappa shape index (κ1) is 22.0. The molecule has 1 unspecified atom stereocenters. The first-order chi connectivity index (χ1) is 13.3. The molecule has 0 spiro atoms. The molecule has 1 aliphatic heterocycles. The Kier molecular flexibility index (Phi) is 8.11. The Morgan fingerprint density at radius 3 is 2.50 bits per heavy atom. The Bertz CT molecular complexity index is 670. The molecule has 3 N–H and O–H groups in total. The van der Waals surface area contributed by atoms with E-state index in [1.165, 1.54) is 20.0 Å². The van der Waals surface area contributed by atoms with Crippen molar-refractivity contribution in [1.82, 2.24) is 15.5 Å². The zero-order valence-electron chi connectivity index (χ0n) is 17.7. The van der Waals surface area contributed by atoms with Gasteiger partial charge in [0.2, 0.25) is 0 Å². The van der Waals surface area contributed by atoms with E-state index in [4.69, 9.17) is 4.74 Å². The maximum absolute atomic E-state index is 12.5. The van der Waals surface area contributed by atoms with Gasteiger partial charge in [-0.3, -0.25) is 9.69 Å². The average molecular weight is 391 g/mol. The molecule has 1 aliphatic rings. The molecule has 1 aromatic rings. The van der Waals surface area contributed by atoms with Crippen LogP contribution >= 0.6 is 0 Å². The summed E-state index contributed by atoms with van der Waals surface area (Å²) >= 11 is 0. The highest BCUT2D eigenvalue weighted by atomic mass is 16.5. The number of hydrogen-bond donors (Lipinski definition) is 3. The predicted molar refractivity (Wildman–Crippen MR) is 112 cm³/mol. The van der Waals surface area contributed by atoms with Crippen molar-refractivity contribution in [2.75, 3.05) is 39.1 Å². The van der Waals surface area contributed by atoms with Gasteiger partial charge < -0.3 is 20.7 Å². The van der Waals surface area contributed by atoms with E-state index in [2.05, 4.69) is 41.6 Å². The Balaban J connectivity index is 1.99. The molecule has 0 bridgehead atoms. The highest BCUT2D eigenvalue weighted by molar-refractivity contribution is 5.97. The summed E-state index contributed by atoms with van der Waals surface area (Å²) in [4.78, 5) is 26.8. The lowest BCUT2D eigenvalue weighted by atomic mass is 9.94. The molecule has 1 aromatic carbocycles. The molecule has 1 atom stereocenters. The highest BCUT2D eigenvalue weighted by Gasteiger charge is 2.26. The molecule has 1 saturated heterocycles. The zero-order valence-corrected chi connectivity index (χ0v) is 17.7. The molecule has 1 fully saturated rings. The van der Waals surface area contributed by atoms with Gasteiger partial charge >= 0.3 is 6.03 Å². The molecule has 1 heterocycles. The Hall–Kier alpha value is -2.28. The second-order valence-corrected chi connectivity index (χ2v) is 7.86. The highest BCUT2D eigenvalue weighted by Crippen LogP contribution is 2.25. The van der Waals surface area contributed by atoms with Gasteiger partial charge in [0.25, 0.3) is 5.91 Å². The van der Waals surface area contributed by atoms with Crippen LogP contribution in [0.15, 0.2) is 18.2 Å². The smallest absolute Gasteiger partial charge is 0.319 e. The predicted octanol–water partition coefficient (Wildman–Crippen LogP) is 2.93. The minimum Gasteiger partial charge on any atom is -0.495 e. The molecular formula is C21H34N4O3. The SMILES string of the molecule is CNC(=O)c1ccc(OC)c(NC(=O)NCC(C(C)C)N2CCC(C)CC2)c1. The fourth-order valence-electron chi connectivity index (χ4n) is 3.60. The molecule has 7 heteroatoms. The number of rotatable bonds is 7. The van der Waals surface area contributed by atoms with Gasteiger partial charge in [-0.1, -0.05) is 20.8 Å². The van der Waals surface area contributed by atoms with E-state index in [0.29, 0.717) is 35.5 Å². The van der Waals surface area contributed by atoms with Crippen molar-refractivity contribution >= 4 is 17.6 Å². The monoisotopic (exact) mass is 390 g/mol. The number of urea groups is 1. The van der Waals surface area contributed by atoms with Crippen LogP contribution in [0, 0.1) is 11.8 Å². The molecule has 0 aliphatic carbocycles. The number of benzene rings is 1. The Labute approximate surface area is 168 Å². The van der Waals surface area contributed by atoms with Crippen molar-refractivity contribution in [2.24, 2.45) is 11.8 Å². The number of methoxy groups -OCH3 is 1. The molecular weight excluding hydrogens is 356 g/mol. The van der Waals surface area contributed by atoms with Crippen molar-refractivity contribution in [1.29, 1.82) is 0 Å². The van der Waals surface area contributed by atoms with Crippen molar-refractivity contribution < 1.29 is 14.3 Å². The number of carbonyl (C=O) groups is 2. The second kappa shape index (κ2) is 10.3. The summed E-state index contributed by atoms with van der Waals surface area (Å²) in [6.45, 7) is 9.42. The number of ether oxygens (including phenoxy) is 1. The Morgan fingerprint density at radius 2 is 1.93 bits per heavy atom. The minimum absolute atomic E-state index is 0.217. The van der Waals surface area contributed by atoms with E-state index in [9.17, 15) is 9.59 Å². The number of amides is 3. The third-order valence-electron chi connectivity index (χ3n) is 5.47. The second-order valence-electron chi connectivity index (χ2n) is 7.86. The molecule has 3 amide bonds. The van der Waals surface area contributed by atoms with Gasteiger partial charge in [0.15, 0.2) is 0 Å². The van der Waals surface area contributed by atoms with Crippen molar-refractivity contribution in [2.45, 2.75) is 39.7 Å².